The standard InChI is InChI=1S/C21H25N3O3/c1-15-5-7-16(8-6-15)14-24(2)21(26)23-18-11-9-17(10-12-18)22-20(25)19-4-3-13-27-19/h5-12,19H,3-4,13-14H2,1-2H3,(H,22,25)(H,23,26). The Labute approximate surface area is 159 Å². The third-order valence-electron chi connectivity index (χ3n) is 4.51. The molecule has 142 valence electrons. The summed E-state index contributed by atoms with van der Waals surface area (Å²) in [5.41, 5.74) is 3.62. The second-order valence-corrected chi connectivity index (χ2v) is 6.84. The summed E-state index contributed by atoms with van der Waals surface area (Å²) in [4.78, 5) is 26.0. The van der Waals surface area contributed by atoms with Gasteiger partial charge >= 0.3 is 6.03 Å². The number of ether oxygens (including phenoxy) is 1. The van der Waals surface area contributed by atoms with Gasteiger partial charge in [-0.15, -0.1) is 0 Å². The Balaban J connectivity index is 1.51. The number of aryl methyl sites for hydroxylation is 1. The van der Waals surface area contributed by atoms with Crippen LogP contribution >= 0.6 is 0 Å². The van der Waals surface area contributed by atoms with E-state index in [4.69, 9.17) is 4.74 Å². The van der Waals surface area contributed by atoms with Gasteiger partial charge in [-0.05, 0) is 49.6 Å². The molecule has 6 nitrogen and oxygen atoms in total. The van der Waals surface area contributed by atoms with Crippen molar-refractivity contribution in [3.05, 3.63) is 59.7 Å². The summed E-state index contributed by atoms with van der Waals surface area (Å²) >= 11 is 0. The van der Waals surface area contributed by atoms with E-state index in [1.807, 2.05) is 31.2 Å². The van der Waals surface area contributed by atoms with Gasteiger partial charge in [0, 0.05) is 31.6 Å². The summed E-state index contributed by atoms with van der Waals surface area (Å²) in [5.74, 6) is -0.123. The molecule has 1 saturated heterocycles. The maximum absolute atomic E-state index is 12.3. The lowest BCUT2D eigenvalue weighted by Gasteiger charge is -2.18. The number of rotatable bonds is 5. The molecule has 0 bridgehead atoms. The highest BCUT2D eigenvalue weighted by molar-refractivity contribution is 5.95. The molecule has 2 aromatic rings. The molecular formula is C21H25N3O3. The number of amides is 3. The number of anilines is 2. The van der Waals surface area contributed by atoms with Crippen molar-refractivity contribution >= 4 is 23.3 Å². The fourth-order valence-electron chi connectivity index (χ4n) is 2.90. The van der Waals surface area contributed by atoms with E-state index in [-0.39, 0.29) is 18.0 Å². The van der Waals surface area contributed by atoms with Crippen molar-refractivity contribution in [3.8, 4) is 0 Å². The fourth-order valence-corrected chi connectivity index (χ4v) is 2.90. The highest BCUT2D eigenvalue weighted by Crippen LogP contribution is 2.18. The van der Waals surface area contributed by atoms with Crippen molar-refractivity contribution in [2.45, 2.75) is 32.4 Å². The molecule has 0 aliphatic carbocycles. The maximum Gasteiger partial charge on any atom is 0.321 e. The number of benzene rings is 2. The lowest BCUT2D eigenvalue weighted by atomic mass is 10.1. The van der Waals surface area contributed by atoms with Gasteiger partial charge in [-0.3, -0.25) is 4.79 Å². The van der Waals surface area contributed by atoms with Crippen molar-refractivity contribution in [1.82, 2.24) is 4.90 Å². The average Bonchev–Trinajstić information content (AvgIpc) is 3.20. The first-order chi connectivity index (χ1) is 13.0. The molecule has 1 aliphatic rings. The first kappa shape index (κ1) is 18.9. The third kappa shape index (κ3) is 5.31. The van der Waals surface area contributed by atoms with Gasteiger partial charge in [0.05, 0.1) is 0 Å². The van der Waals surface area contributed by atoms with E-state index in [0.717, 1.165) is 18.4 Å². The summed E-state index contributed by atoms with van der Waals surface area (Å²) in [6.45, 7) is 3.20. The number of nitrogens with zero attached hydrogens (tertiary/aromatic N) is 1. The molecule has 0 radical (unpaired) electrons. The van der Waals surface area contributed by atoms with Gasteiger partial charge in [-0.2, -0.15) is 0 Å². The molecule has 1 atom stereocenters. The third-order valence-corrected chi connectivity index (χ3v) is 4.51. The Morgan fingerprint density at radius 3 is 2.26 bits per heavy atom. The van der Waals surface area contributed by atoms with Crippen LogP contribution in [0.3, 0.4) is 0 Å². The van der Waals surface area contributed by atoms with E-state index in [1.165, 1.54) is 5.56 Å². The first-order valence-corrected chi connectivity index (χ1v) is 9.11. The van der Waals surface area contributed by atoms with Crippen molar-refractivity contribution in [2.24, 2.45) is 0 Å². The SMILES string of the molecule is Cc1ccc(CN(C)C(=O)Nc2ccc(NC(=O)C3CCCO3)cc2)cc1. The summed E-state index contributed by atoms with van der Waals surface area (Å²) in [6, 6.07) is 15.0. The number of urea groups is 1. The highest BCUT2D eigenvalue weighted by Gasteiger charge is 2.23. The minimum absolute atomic E-state index is 0.123. The van der Waals surface area contributed by atoms with E-state index in [0.29, 0.717) is 24.5 Å². The smallest absolute Gasteiger partial charge is 0.321 e. The van der Waals surface area contributed by atoms with Gasteiger partial charge in [0.15, 0.2) is 0 Å². The normalized spacial score (nSPS) is 16.0. The van der Waals surface area contributed by atoms with E-state index >= 15 is 0 Å². The molecule has 0 spiro atoms. The Hall–Kier alpha value is -2.86. The predicted octanol–water partition coefficient (Wildman–Crippen LogP) is 3.78. The van der Waals surface area contributed by atoms with E-state index in [2.05, 4.69) is 10.6 Å². The van der Waals surface area contributed by atoms with E-state index < -0.39 is 0 Å². The monoisotopic (exact) mass is 367 g/mol. The predicted molar refractivity (Wildman–Crippen MR) is 106 cm³/mol. The summed E-state index contributed by atoms with van der Waals surface area (Å²) in [7, 11) is 1.76. The molecule has 1 unspecified atom stereocenters. The largest absolute Gasteiger partial charge is 0.368 e. The minimum Gasteiger partial charge on any atom is -0.368 e. The van der Waals surface area contributed by atoms with Crippen LogP contribution in [0.5, 0.6) is 0 Å². The highest BCUT2D eigenvalue weighted by atomic mass is 16.5. The molecule has 3 amide bonds. The molecule has 1 heterocycles. The zero-order chi connectivity index (χ0) is 19.2. The molecule has 0 aromatic heterocycles. The summed E-state index contributed by atoms with van der Waals surface area (Å²) in [6.07, 6.45) is 1.31. The molecule has 27 heavy (non-hydrogen) atoms. The van der Waals surface area contributed by atoms with Crippen LogP contribution in [0.2, 0.25) is 0 Å². The van der Waals surface area contributed by atoms with Crippen LogP contribution in [0.25, 0.3) is 0 Å². The van der Waals surface area contributed by atoms with Gasteiger partial charge in [-0.25, -0.2) is 4.79 Å². The van der Waals surface area contributed by atoms with Crippen molar-refractivity contribution in [1.29, 1.82) is 0 Å². The van der Waals surface area contributed by atoms with Crippen LogP contribution in [0.4, 0.5) is 16.2 Å². The summed E-state index contributed by atoms with van der Waals surface area (Å²) in [5, 5.41) is 5.70. The van der Waals surface area contributed by atoms with Crippen LogP contribution in [0.15, 0.2) is 48.5 Å². The first-order valence-electron chi connectivity index (χ1n) is 9.11. The van der Waals surface area contributed by atoms with E-state index in [9.17, 15) is 9.59 Å². The number of hydrogen-bond donors (Lipinski definition) is 2. The molecule has 1 fully saturated rings. The molecular weight excluding hydrogens is 342 g/mol. The minimum atomic E-state index is -0.361. The van der Waals surface area contributed by atoms with Crippen LogP contribution in [0.1, 0.15) is 24.0 Å². The lowest BCUT2D eigenvalue weighted by Crippen LogP contribution is -2.30. The average molecular weight is 367 g/mol. The Morgan fingerprint density at radius 1 is 1.04 bits per heavy atom. The Bertz CT molecular complexity index is 781. The van der Waals surface area contributed by atoms with E-state index in [1.54, 1.807) is 36.2 Å². The number of carbonyl (C=O) groups excluding carboxylic acids is 2. The molecule has 3 rings (SSSR count). The molecule has 2 N–H and O–H groups in total. The van der Waals surface area contributed by atoms with Gasteiger partial charge < -0.3 is 20.3 Å². The maximum atomic E-state index is 12.3. The second-order valence-electron chi connectivity index (χ2n) is 6.84. The fraction of sp³-hybridized carbons (Fsp3) is 0.333. The number of carbonyl (C=O) groups is 2. The summed E-state index contributed by atoms with van der Waals surface area (Å²) < 4.78 is 5.37. The zero-order valence-electron chi connectivity index (χ0n) is 15.7. The van der Waals surface area contributed by atoms with Crippen molar-refractivity contribution in [2.75, 3.05) is 24.3 Å². The molecule has 2 aromatic carbocycles. The Morgan fingerprint density at radius 2 is 1.67 bits per heavy atom. The molecule has 0 saturated carbocycles. The van der Waals surface area contributed by atoms with Gasteiger partial charge in [0.25, 0.3) is 5.91 Å². The van der Waals surface area contributed by atoms with Crippen molar-refractivity contribution < 1.29 is 14.3 Å². The topological polar surface area (TPSA) is 70.7 Å². The lowest BCUT2D eigenvalue weighted by molar-refractivity contribution is -0.124. The van der Waals surface area contributed by atoms with Crippen LogP contribution in [-0.4, -0.2) is 36.6 Å². The molecule has 6 heteroatoms. The Kier molecular flexibility index (Phi) is 6.08. The van der Waals surface area contributed by atoms with Crippen molar-refractivity contribution in [3.63, 3.8) is 0 Å². The van der Waals surface area contributed by atoms with Gasteiger partial charge in [0.1, 0.15) is 6.10 Å². The number of hydrogen-bond acceptors (Lipinski definition) is 3. The quantitative estimate of drug-likeness (QED) is 0.845. The molecule has 1 aliphatic heterocycles. The van der Waals surface area contributed by atoms with Crippen LogP contribution in [-0.2, 0) is 16.1 Å². The zero-order valence-corrected chi connectivity index (χ0v) is 15.7. The second kappa shape index (κ2) is 8.68. The van der Waals surface area contributed by atoms with Gasteiger partial charge in [-0.1, -0.05) is 29.8 Å². The number of nitrogens with one attached hydrogen (secondary N) is 2. The van der Waals surface area contributed by atoms with Crippen LogP contribution in [0, 0.1) is 6.92 Å². The van der Waals surface area contributed by atoms with Gasteiger partial charge in [0.2, 0.25) is 0 Å². The van der Waals surface area contributed by atoms with Crippen LogP contribution < -0.4 is 10.6 Å².